The van der Waals surface area contributed by atoms with Crippen molar-refractivity contribution in [3.63, 3.8) is 0 Å². The van der Waals surface area contributed by atoms with Crippen LogP contribution in [-0.2, 0) is 11.2 Å². The normalized spacial score (nSPS) is 17.5. The molecule has 1 unspecified atom stereocenters. The topological polar surface area (TPSA) is 32.3 Å². The molecule has 0 saturated carbocycles. The third kappa shape index (κ3) is 2.64. The highest BCUT2D eigenvalue weighted by atomic mass is 16.2. The van der Waals surface area contributed by atoms with E-state index in [1.807, 2.05) is 25.2 Å². The number of hydrogen-bond donors (Lipinski definition) is 1. The van der Waals surface area contributed by atoms with Gasteiger partial charge in [-0.2, -0.15) is 0 Å². The Morgan fingerprint density at radius 1 is 1.14 bits per heavy atom. The van der Waals surface area contributed by atoms with Gasteiger partial charge in [-0.15, -0.1) is 0 Å². The molecule has 2 aromatic rings. The highest BCUT2D eigenvalue weighted by molar-refractivity contribution is 5.97. The number of benzene rings is 2. The van der Waals surface area contributed by atoms with Crippen molar-refractivity contribution in [1.29, 1.82) is 0 Å². The Labute approximate surface area is 125 Å². The molecule has 2 aromatic carbocycles. The predicted molar refractivity (Wildman–Crippen MR) is 86.7 cm³/mol. The van der Waals surface area contributed by atoms with E-state index in [0.717, 1.165) is 17.8 Å². The third-order valence-corrected chi connectivity index (χ3v) is 4.13. The molecule has 3 nitrogen and oxygen atoms in total. The van der Waals surface area contributed by atoms with Crippen molar-refractivity contribution in [3.8, 4) is 0 Å². The maximum absolute atomic E-state index is 12.1. The molecule has 1 amide bonds. The molecular weight excluding hydrogens is 260 g/mol. The molecular formula is C18H20N2O. The van der Waals surface area contributed by atoms with Crippen LogP contribution in [0.25, 0.3) is 0 Å². The molecule has 0 saturated heterocycles. The maximum atomic E-state index is 12.1. The van der Waals surface area contributed by atoms with E-state index in [9.17, 15) is 4.79 Å². The zero-order chi connectivity index (χ0) is 14.8. The Balaban J connectivity index is 1.88. The number of aryl methyl sites for hydroxylation is 1. The Bertz CT molecular complexity index is 649. The molecule has 21 heavy (non-hydrogen) atoms. The van der Waals surface area contributed by atoms with Crippen LogP contribution in [0.3, 0.4) is 0 Å². The summed E-state index contributed by atoms with van der Waals surface area (Å²) in [5.74, 6) is 0.149. The van der Waals surface area contributed by atoms with Crippen LogP contribution in [0.5, 0.6) is 0 Å². The molecule has 3 rings (SSSR count). The van der Waals surface area contributed by atoms with Gasteiger partial charge in [-0.25, -0.2) is 0 Å². The zero-order valence-electron chi connectivity index (χ0n) is 12.5. The average Bonchev–Trinajstić information content (AvgIpc) is 2.53. The molecule has 0 aromatic heterocycles. The van der Waals surface area contributed by atoms with Gasteiger partial charge in [0, 0.05) is 18.4 Å². The van der Waals surface area contributed by atoms with Gasteiger partial charge < -0.3 is 10.2 Å². The molecule has 1 heterocycles. The fraction of sp³-hybridized carbons (Fsp3) is 0.278. The van der Waals surface area contributed by atoms with Gasteiger partial charge in [-0.1, -0.05) is 37.3 Å². The van der Waals surface area contributed by atoms with Crippen LogP contribution >= 0.6 is 0 Å². The molecule has 0 aliphatic carbocycles. The van der Waals surface area contributed by atoms with Gasteiger partial charge in [0.25, 0.3) is 0 Å². The van der Waals surface area contributed by atoms with Gasteiger partial charge in [0.05, 0.1) is 12.5 Å². The van der Waals surface area contributed by atoms with E-state index in [1.165, 1.54) is 11.1 Å². The van der Waals surface area contributed by atoms with E-state index in [-0.39, 0.29) is 11.9 Å². The fourth-order valence-corrected chi connectivity index (χ4v) is 2.81. The van der Waals surface area contributed by atoms with Crippen molar-refractivity contribution in [3.05, 3.63) is 59.7 Å². The van der Waals surface area contributed by atoms with Gasteiger partial charge in [0.15, 0.2) is 0 Å². The minimum absolute atomic E-state index is 0.0392. The number of hydrogen-bond acceptors (Lipinski definition) is 2. The van der Waals surface area contributed by atoms with Crippen LogP contribution in [0.2, 0.25) is 0 Å². The monoisotopic (exact) mass is 280 g/mol. The van der Waals surface area contributed by atoms with Crippen LogP contribution in [0.1, 0.15) is 30.5 Å². The van der Waals surface area contributed by atoms with Crippen molar-refractivity contribution < 1.29 is 4.79 Å². The number of rotatable bonds is 3. The van der Waals surface area contributed by atoms with Crippen molar-refractivity contribution in [2.24, 2.45) is 0 Å². The summed E-state index contributed by atoms with van der Waals surface area (Å²) in [4.78, 5) is 13.9. The van der Waals surface area contributed by atoms with Crippen LogP contribution in [-0.4, -0.2) is 13.0 Å². The zero-order valence-corrected chi connectivity index (χ0v) is 12.5. The Kier molecular flexibility index (Phi) is 3.65. The summed E-state index contributed by atoms with van der Waals surface area (Å²) in [6.07, 6.45) is 1.53. The van der Waals surface area contributed by atoms with Crippen molar-refractivity contribution in [2.45, 2.75) is 25.8 Å². The summed E-state index contributed by atoms with van der Waals surface area (Å²) in [5.41, 5.74) is 4.56. The number of anilines is 2. The first-order chi connectivity index (χ1) is 10.2. The van der Waals surface area contributed by atoms with E-state index < -0.39 is 0 Å². The lowest BCUT2D eigenvalue weighted by Gasteiger charge is -2.32. The number of nitrogens with one attached hydrogen (secondary N) is 1. The molecule has 0 radical (unpaired) electrons. The molecule has 1 aliphatic rings. The SMILES string of the molecule is CCc1ccc(NC2CC(=O)N(C)c3ccccc32)cc1. The second-order valence-corrected chi connectivity index (χ2v) is 5.46. The smallest absolute Gasteiger partial charge is 0.229 e. The predicted octanol–water partition coefficient (Wildman–Crippen LogP) is 3.77. The van der Waals surface area contributed by atoms with E-state index >= 15 is 0 Å². The second kappa shape index (κ2) is 5.60. The summed E-state index contributed by atoms with van der Waals surface area (Å²) in [6.45, 7) is 2.15. The summed E-state index contributed by atoms with van der Waals surface area (Å²) in [7, 11) is 1.84. The fourth-order valence-electron chi connectivity index (χ4n) is 2.81. The lowest BCUT2D eigenvalue weighted by atomic mass is 9.96. The maximum Gasteiger partial charge on any atom is 0.229 e. The quantitative estimate of drug-likeness (QED) is 0.928. The van der Waals surface area contributed by atoms with Gasteiger partial charge in [0.1, 0.15) is 0 Å². The Morgan fingerprint density at radius 2 is 1.86 bits per heavy atom. The highest BCUT2D eigenvalue weighted by Gasteiger charge is 2.28. The van der Waals surface area contributed by atoms with E-state index in [1.54, 1.807) is 4.90 Å². The van der Waals surface area contributed by atoms with Gasteiger partial charge >= 0.3 is 0 Å². The highest BCUT2D eigenvalue weighted by Crippen LogP contribution is 2.35. The van der Waals surface area contributed by atoms with Gasteiger partial charge in [0.2, 0.25) is 5.91 Å². The molecule has 1 N–H and O–H groups in total. The number of amides is 1. The Morgan fingerprint density at radius 3 is 2.57 bits per heavy atom. The molecule has 0 bridgehead atoms. The summed E-state index contributed by atoms with van der Waals surface area (Å²) >= 11 is 0. The largest absolute Gasteiger partial charge is 0.378 e. The number of carbonyl (C=O) groups is 1. The third-order valence-electron chi connectivity index (χ3n) is 4.13. The number of para-hydroxylation sites is 1. The molecule has 3 heteroatoms. The minimum atomic E-state index is 0.0392. The first-order valence-electron chi connectivity index (χ1n) is 7.40. The molecule has 0 spiro atoms. The van der Waals surface area contributed by atoms with Crippen LogP contribution < -0.4 is 10.2 Å². The first-order valence-corrected chi connectivity index (χ1v) is 7.40. The van der Waals surface area contributed by atoms with Crippen molar-refractivity contribution in [2.75, 3.05) is 17.3 Å². The molecule has 1 atom stereocenters. The minimum Gasteiger partial charge on any atom is -0.378 e. The van der Waals surface area contributed by atoms with E-state index in [2.05, 4.69) is 42.6 Å². The number of fused-ring (bicyclic) bond motifs is 1. The standard InChI is InChI=1S/C18H20N2O/c1-3-13-8-10-14(11-9-13)19-16-12-18(21)20(2)17-7-5-4-6-15(16)17/h4-11,16,19H,3,12H2,1-2H3. The summed E-state index contributed by atoms with van der Waals surface area (Å²) in [6, 6.07) is 16.6. The lowest BCUT2D eigenvalue weighted by molar-refractivity contribution is -0.118. The van der Waals surface area contributed by atoms with Crippen LogP contribution in [0, 0.1) is 0 Å². The number of nitrogens with zero attached hydrogens (tertiary/aromatic N) is 1. The molecule has 1 aliphatic heterocycles. The van der Waals surface area contributed by atoms with Gasteiger partial charge in [-0.3, -0.25) is 4.79 Å². The second-order valence-electron chi connectivity index (χ2n) is 5.46. The van der Waals surface area contributed by atoms with Crippen molar-refractivity contribution >= 4 is 17.3 Å². The van der Waals surface area contributed by atoms with Crippen LogP contribution in [0.4, 0.5) is 11.4 Å². The van der Waals surface area contributed by atoms with E-state index in [4.69, 9.17) is 0 Å². The molecule has 0 fully saturated rings. The summed E-state index contributed by atoms with van der Waals surface area (Å²) in [5, 5.41) is 3.49. The number of carbonyl (C=O) groups excluding carboxylic acids is 1. The Hall–Kier alpha value is -2.29. The van der Waals surface area contributed by atoms with Crippen molar-refractivity contribution in [1.82, 2.24) is 0 Å². The average molecular weight is 280 g/mol. The van der Waals surface area contributed by atoms with E-state index in [0.29, 0.717) is 6.42 Å². The summed E-state index contributed by atoms with van der Waals surface area (Å²) < 4.78 is 0. The molecule has 108 valence electrons. The lowest BCUT2D eigenvalue weighted by Crippen LogP contribution is -2.35. The first kappa shape index (κ1) is 13.7. The van der Waals surface area contributed by atoms with Gasteiger partial charge in [-0.05, 0) is 35.7 Å². The van der Waals surface area contributed by atoms with Crippen LogP contribution in [0.15, 0.2) is 48.5 Å².